The molecule has 1 rings (SSSR count). The summed E-state index contributed by atoms with van der Waals surface area (Å²) in [5.41, 5.74) is 0. The fourth-order valence-corrected chi connectivity index (χ4v) is 2.95. The molecule has 2 unspecified atom stereocenters. The molecule has 1 fully saturated rings. The van der Waals surface area contributed by atoms with Crippen LogP contribution in [-0.2, 0) is 4.74 Å². The molecule has 18 heavy (non-hydrogen) atoms. The van der Waals surface area contributed by atoms with Crippen molar-refractivity contribution in [2.75, 3.05) is 33.4 Å². The van der Waals surface area contributed by atoms with Gasteiger partial charge in [0.05, 0.1) is 6.61 Å². The number of rotatable bonds is 7. The minimum atomic E-state index is 0.539. The summed E-state index contributed by atoms with van der Waals surface area (Å²) in [4.78, 5) is 2.64. The van der Waals surface area contributed by atoms with E-state index in [9.17, 15) is 0 Å². The van der Waals surface area contributed by atoms with E-state index < -0.39 is 0 Å². The molecule has 2 atom stereocenters. The van der Waals surface area contributed by atoms with Gasteiger partial charge in [0.25, 0.3) is 0 Å². The third-order valence-corrected chi connectivity index (χ3v) is 4.06. The van der Waals surface area contributed by atoms with Crippen molar-refractivity contribution < 1.29 is 4.74 Å². The largest absolute Gasteiger partial charge is 0.383 e. The molecule has 0 bridgehead atoms. The Morgan fingerprint density at radius 3 is 2.44 bits per heavy atom. The first-order valence-electron chi connectivity index (χ1n) is 7.51. The van der Waals surface area contributed by atoms with E-state index in [1.807, 2.05) is 7.11 Å². The van der Waals surface area contributed by atoms with E-state index in [2.05, 4.69) is 37.9 Å². The standard InChI is InChI=1S/C15H32N2O/c1-12(2)15(11-18-5)17(13(3)4)10-14-7-6-8-16-9-14/h12-16H,6-11H2,1-5H3. The summed E-state index contributed by atoms with van der Waals surface area (Å²) in [7, 11) is 1.82. The molecule has 0 aliphatic carbocycles. The van der Waals surface area contributed by atoms with Crippen molar-refractivity contribution in [3.8, 4) is 0 Å². The van der Waals surface area contributed by atoms with Gasteiger partial charge in [0.2, 0.25) is 0 Å². The maximum atomic E-state index is 5.43. The van der Waals surface area contributed by atoms with Gasteiger partial charge in [0.1, 0.15) is 0 Å². The molecular formula is C15H32N2O. The second-order valence-corrected chi connectivity index (χ2v) is 6.27. The number of hydrogen-bond donors (Lipinski definition) is 1. The molecule has 0 radical (unpaired) electrons. The molecule has 0 saturated carbocycles. The zero-order chi connectivity index (χ0) is 13.5. The summed E-state index contributed by atoms with van der Waals surface area (Å²) in [6.07, 6.45) is 2.70. The maximum absolute atomic E-state index is 5.43. The Morgan fingerprint density at radius 2 is 2.00 bits per heavy atom. The van der Waals surface area contributed by atoms with E-state index in [-0.39, 0.29) is 0 Å². The van der Waals surface area contributed by atoms with Gasteiger partial charge >= 0.3 is 0 Å². The Labute approximate surface area is 113 Å². The molecule has 1 aliphatic rings. The van der Waals surface area contributed by atoms with Crippen molar-refractivity contribution in [3.05, 3.63) is 0 Å². The molecule has 1 saturated heterocycles. The van der Waals surface area contributed by atoms with Crippen LogP contribution in [0.2, 0.25) is 0 Å². The molecule has 0 aromatic heterocycles. The lowest BCUT2D eigenvalue weighted by molar-refractivity contribution is 0.0317. The second kappa shape index (κ2) is 8.13. The quantitative estimate of drug-likeness (QED) is 0.757. The van der Waals surface area contributed by atoms with E-state index >= 15 is 0 Å². The minimum absolute atomic E-state index is 0.539. The highest BCUT2D eigenvalue weighted by atomic mass is 16.5. The van der Waals surface area contributed by atoms with Crippen LogP contribution in [0.4, 0.5) is 0 Å². The van der Waals surface area contributed by atoms with Crippen LogP contribution in [0.1, 0.15) is 40.5 Å². The first-order valence-corrected chi connectivity index (χ1v) is 7.51. The van der Waals surface area contributed by atoms with Crippen molar-refractivity contribution in [2.24, 2.45) is 11.8 Å². The van der Waals surface area contributed by atoms with Crippen LogP contribution in [0.5, 0.6) is 0 Å². The van der Waals surface area contributed by atoms with Crippen LogP contribution in [0, 0.1) is 11.8 Å². The molecule has 0 aromatic rings. The molecule has 108 valence electrons. The van der Waals surface area contributed by atoms with Crippen LogP contribution in [0.25, 0.3) is 0 Å². The van der Waals surface area contributed by atoms with E-state index in [0.717, 1.165) is 12.5 Å². The summed E-state index contributed by atoms with van der Waals surface area (Å²) in [6.45, 7) is 13.6. The van der Waals surface area contributed by atoms with Crippen LogP contribution >= 0.6 is 0 Å². The predicted octanol–water partition coefficient (Wildman–Crippen LogP) is 2.37. The van der Waals surface area contributed by atoms with Gasteiger partial charge in [0, 0.05) is 25.7 Å². The Morgan fingerprint density at radius 1 is 1.28 bits per heavy atom. The number of nitrogens with zero attached hydrogens (tertiary/aromatic N) is 1. The SMILES string of the molecule is COCC(C(C)C)N(CC1CCCNC1)C(C)C. The first kappa shape index (κ1) is 15.9. The van der Waals surface area contributed by atoms with Gasteiger partial charge in [-0.05, 0) is 51.6 Å². The molecule has 1 aliphatic heterocycles. The molecular weight excluding hydrogens is 224 g/mol. The number of nitrogens with one attached hydrogen (secondary N) is 1. The normalized spacial score (nSPS) is 23.0. The van der Waals surface area contributed by atoms with Crippen LogP contribution in [-0.4, -0.2) is 50.3 Å². The number of hydrogen-bond acceptors (Lipinski definition) is 3. The highest BCUT2D eigenvalue weighted by molar-refractivity contribution is 4.81. The second-order valence-electron chi connectivity index (χ2n) is 6.27. The van der Waals surface area contributed by atoms with Crippen LogP contribution in [0.3, 0.4) is 0 Å². The molecule has 1 heterocycles. The molecule has 1 N–H and O–H groups in total. The fraction of sp³-hybridized carbons (Fsp3) is 1.00. The lowest BCUT2D eigenvalue weighted by atomic mass is 9.95. The first-order chi connectivity index (χ1) is 8.56. The van der Waals surface area contributed by atoms with Crippen molar-refractivity contribution >= 4 is 0 Å². The summed E-state index contributed by atoms with van der Waals surface area (Å²) in [5, 5.41) is 3.52. The van der Waals surface area contributed by atoms with Crippen molar-refractivity contribution in [1.82, 2.24) is 10.2 Å². The zero-order valence-corrected chi connectivity index (χ0v) is 12.9. The fourth-order valence-electron chi connectivity index (χ4n) is 2.95. The van der Waals surface area contributed by atoms with E-state index in [4.69, 9.17) is 4.74 Å². The third kappa shape index (κ3) is 4.87. The van der Waals surface area contributed by atoms with E-state index in [1.165, 1.54) is 32.5 Å². The molecule has 0 amide bonds. The number of methoxy groups -OCH3 is 1. The van der Waals surface area contributed by atoms with Crippen molar-refractivity contribution in [1.29, 1.82) is 0 Å². The highest BCUT2D eigenvalue weighted by Gasteiger charge is 2.27. The monoisotopic (exact) mass is 256 g/mol. The molecule has 0 spiro atoms. The van der Waals surface area contributed by atoms with Crippen LogP contribution in [0.15, 0.2) is 0 Å². The maximum Gasteiger partial charge on any atom is 0.0620 e. The number of ether oxygens (including phenoxy) is 1. The van der Waals surface area contributed by atoms with Gasteiger partial charge in [-0.15, -0.1) is 0 Å². The lowest BCUT2D eigenvalue weighted by Crippen LogP contribution is -2.50. The Balaban J connectivity index is 2.60. The minimum Gasteiger partial charge on any atom is -0.383 e. The predicted molar refractivity (Wildman–Crippen MR) is 77.9 cm³/mol. The van der Waals surface area contributed by atoms with Gasteiger partial charge in [-0.1, -0.05) is 13.8 Å². The van der Waals surface area contributed by atoms with Crippen LogP contribution < -0.4 is 5.32 Å². The van der Waals surface area contributed by atoms with E-state index in [1.54, 1.807) is 0 Å². The van der Waals surface area contributed by atoms with Crippen molar-refractivity contribution in [3.63, 3.8) is 0 Å². The van der Waals surface area contributed by atoms with Gasteiger partial charge in [0.15, 0.2) is 0 Å². The number of piperidine rings is 1. The Kier molecular flexibility index (Phi) is 7.20. The van der Waals surface area contributed by atoms with Gasteiger partial charge in [-0.3, -0.25) is 4.90 Å². The summed E-state index contributed by atoms with van der Waals surface area (Å²) < 4.78 is 5.43. The Hall–Kier alpha value is -0.120. The molecule has 3 nitrogen and oxygen atoms in total. The topological polar surface area (TPSA) is 24.5 Å². The van der Waals surface area contributed by atoms with E-state index in [0.29, 0.717) is 18.0 Å². The highest BCUT2D eigenvalue weighted by Crippen LogP contribution is 2.20. The molecule has 0 aromatic carbocycles. The van der Waals surface area contributed by atoms with Crippen molar-refractivity contribution in [2.45, 2.75) is 52.6 Å². The smallest absolute Gasteiger partial charge is 0.0620 e. The Bertz CT molecular complexity index is 213. The summed E-state index contributed by atoms with van der Waals surface area (Å²) in [6, 6.07) is 1.13. The van der Waals surface area contributed by atoms with Gasteiger partial charge in [-0.25, -0.2) is 0 Å². The van der Waals surface area contributed by atoms with Gasteiger partial charge < -0.3 is 10.1 Å². The average molecular weight is 256 g/mol. The van der Waals surface area contributed by atoms with Gasteiger partial charge in [-0.2, -0.15) is 0 Å². The average Bonchev–Trinajstić information content (AvgIpc) is 2.34. The lowest BCUT2D eigenvalue weighted by Gasteiger charge is -2.40. The summed E-state index contributed by atoms with van der Waals surface area (Å²) in [5.74, 6) is 1.45. The summed E-state index contributed by atoms with van der Waals surface area (Å²) >= 11 is 0. The third-order valence-electron chi connectivity index (χ3n) is 4.06. The zero-order valence-electron chi connectivity index (χ0n) is 12.9. The molecule has 3 heteroatoms.